The number of anilines is 1. The number of aryl methyl sites for hydroxylation is 1. The molecule has 6 nitrogen and oxygen atoms in total. The number of hydrogen-bond donors (Lipinski definition) is 1. The van der Waals surface area contributed by atoms with Crippen LogP contribution in [-0.2, 0) is 14.3 Å². The molecule has 0 heterocycles. The van der Waals surface area contributed by atoms with Crippen molar-refractivity contribution in [2.45, 2.75) is 13.8 Å². The molecule has 0 unspecified atom stereocenters. The predicted molar refractivity (Wildman–Crippen MR) is 103 cm³/mol. The molecule has 1 N–H and O–H groups in total. The number of Topliss-reactive ketones (excluding diaryl/α,β-unsaturated/α-hetero) is 1. The Kier molecular flexibility index (Phi) is 7.21. The van der Waals surface area contributed by atoms with Gasteiger partial charge >= 0.3 is 5.97 Å². The van der Waals surface area contributed by atoms with Crippen molar-refractivity contribution in [2.75, 3.05) is 18.5 Å². The summed E-state index contributed by atoms with van der Waals surface area (Å²) in [6.07, 6.45) is 0. The fourth-order valence-electron chi connectivity index (χ4n) is 2.08. The number of amides is 1. The third kappa shape index (κ3) is 5.98. The van der Waals surface area contributed by atoms with Crippen molar-refractivity contribution in [3.05, 3.63) is 57.6 Å². The van der Waals surface area contributed by atoms with E-state index < -0.39 is 25.1 Å². The lowest BCUT2D eigenvalue weighted by Crippen LogP contribution is -2.24. The van der Waals surface area contributed by atoms with Gasteiger partial charge < -0.3 is 14.8 Å². The first-order chi connectivity index (χ1) is 12.8. The molecule has 0 bridgehead atoms. The van der Waals surface area contributed by atoms with Crippen LogP contribution in [0.4, 0.5) is 5.69 Å². The number of benzene rings is 2. The Hall–Kier alpha value is -2.57. The Labute approximate surface area is 166 Å². The van der Waals surface area contributed by atoms with Gasteiger partial charge in [-0.3, -0.25) is 9.59 Å². The van der Waals surface area contributed by atoms with Crippen molar-refractivity contribution in [3.8, 4) is 5.75 Å². The van der Waals surface area contributed by atoms with Crippen LogP contribution in [0.3, 0.4) is 0 Å². The van der Waals surface area contributed by atoms with Crippen LogP contribution in [-0.4, -0.2) is 30.9 Å². The van der Waals surface area contributed by atoms with E-state index in [4.69, 9.17) is 32.7 Å². The molecule has 0 fully saturated rings. The van der Waals surface area contributed by atoms with E-state index >= 15 is 0 Å². The molecular weight excluding hydrogens is 393 g/mol. The molecule has 0 aliphatic rings. The van der Waals surface area contributed by atoms with Crippen molar-refractivity contribution < 1.29 is 23.9 Å². The Morgan fingerprint density at radius 3 is 2.52 bits per heavy atom. The summed E-state index contributed by atoms with van der Waals surface area (Å²) in [6.45, 7) is 2.28. The van der Waals surface area contributed by atoms with Gasteiger partial charge in [-0.15, -0.1) is 0 Å². The van der Waals surface area contributed by atoms with Crippen LogP contribution in [0, 0.1) is 6.92 Å². The molecule has 0 aromatic heterocycles. The molecule has 1 amide bonds. The normalized spacial score (nSPS) is 10.2. The van der Waals surface area contributed by atoms with Gasteiger partial charge in [-0.05, 0) is 37.6 Å². The van der Waals surface area contributed by atoms with Crippen LogP contribution < -0.4 is 10.1 Å². The number of carbonyl (C=O) groups is 3. The Balaban J connectivity index is 1.83. The lowest BCUT2D eigenvalue weighted by Gasteiger charge is -2.11. The minimum atomic E-state index is -0.736. The summed E-state index contributed by atoms with van der Waals surface area (Å²) in [5.41, 5.74) is 1.47. The maximum absolute atomic E-state index is 11.9. The van der Waals surface area contributed by atoms with Gasteiger partial charge in [0.15, 0.2) is 19.0 Å². The van der Waals surface area contributed by atoms with Crippen molar-refractivity contribution in [3.63, 3.8) is 0 Å². The largest absolute Gasteiger partial charge is 0.482 e. The van der Waals surface area contributed by atoms with Crippen molar-refractivity contribution in [1.29, 1.82) is 0 Å². The zero-order chi connectivity index (χ0) is 20.0. The summed E-state index contributed by atoms with van der Waals surface area (Å²) in [5, 5.41) is 3.10. The number of ketones is 1. The maximum atomic E-state index is 11.9. The van der Waals surface area contributed by atoms with Crippen LogP contribution in [0.1, 0.15) is 22.8 Å². The van der Waals surface area contributed by atoms with Crippen LogP contribution in [0.5, 0.6) is 5.75 Å². The fraction of sp³-hybridized carbons (Fsp3) is 0.211. The van der Waals surface area contributed by atoms with E-state index in [0.29, 0.717) is 16.3 Å². The summed E-state index contributed by atoms with van der Waals surface area (Å²) >= 11 is 12.1. The quantitative estimate of drug-likeness (QED) is 0.550. The van der Waals surface area contributed by atoms with Crippen molar-refractivity contribution >= 4 is 46.5 Å². The highest BCUT2D eigenvalue weighted by molar-refractivity contribution is 6.40. The first-order valence-electron chi connectivity index (χ1n) is 7.92. The molecule has 0 saturated heterocycles. The topological polar surface area (TPSA) is 81.7 Å². The van der Waals surface area contributed by atoms with Gasteiger partial charge in [-0.1, -0.05) is 41.4 Å². The fourth-order valence-corrected chi connectivity index (χ4v) is 2.55. The predicted octanol–water partition coefficient (Wildman–Crippen LogP) is 4.07. The number of rotatable bonds is 7. The molecule has 2 aromatic rings. The minimum Gasteiger partial charge on any atom is -0.482 e. The first kappa shape index (κ1) is 20.7. The van der Waals surface area contributed by atoms with E-state index in [2.05, 4.69) is 5.32 Å². The van der Waals surface area contributed by atoms with Gasteiger partial charge in [-0.2, -0.15) is 0 Å². The highest BCUT2D eigenvalue weighted by Crippen LogP contribution is 2.32. The number of nitrogens with one attached hydrogen (secondary N) is 1. The molecule has 142 valence electrons. The molecule has 8 heteroatoms. The molecule has 0 aliphatic heterocycles. The van der Waals surface area contributed by atoms with Gasteiger partial charge in [0, 0.05) is 5.56 Å². The number of carbonyl (C=O) groups excluding carboxylic acids is 3. The number of halogens is 2. The van der Waals surface area contributed by atoms with Gasteiger partial charge in [0.2, 0.25) is 0 Å². The summed E-state index contributed by atoms with van der Waals surface area (Å²) in [7, 11) is 0. The second kappa shape index (κ2) is 9.39. The SMILES string of the molecule is CC(=O)c1cccc(OCC(=O)OCC(=O)Nc2c(Cl)ccc(C)c2Cl)c1. The molecular formula is C19H17Cl2NO5. The highest BCUT2D eigenvalue weighted by atomic mass is 35.5. The summed E-state index contributed by atoms with van der Waals surface area (Å²) in [5.74, 6) is -1.09. The van der Waals surface area contributed by atoms with Gasteiger partial charge in [0.1, 0.15) is 5.75 Å². The Morgan fingerprint density at radius 1 is 1.07 bits per heavy atom. The molecule has 27 heavy (non-hydrogen) atoms. The lowest BCUT2D eigenvalue weighted by atomic mass is 10.1. The highest BCUT2D eigenvalue weighted by Gasteiger charge is 2.14. The standard InChI is InChI=1S/C19H17Cl2NO5/c1-11-6-7-15(20)19(18(11)21)22-16(24)9-27-17(25)10-26-14-5-3-4-13(8-14)12(2)23/h3-8H,9-10H2,1-2H3,(H,22,24). The van der Waals surface area contributed by atoms with Gasteiger partial charge in [0.25, 0.3) is 5.91 Å². The molecule has 0 aliphatic carbocycles. The van der Waals surface area contributed by atoms with E-state index in [0.717, 1.165) is 5.56 Å². The number of hydrogen-bond acceptors (Lipinski definition) is 5. The van der Waals surface area contributed by atoms with Crippen molar-refractivity contribution in [1.82, 2.24) is 0 Å². The molecule has 0 atom stereocenters. The Bertz CT molecular complexity index is 882. The van der Waals surface area contributed by atoms with E-state index in [9.17, 15) is 14.4 Å². The van der Waals surface area contributed by atoms with Crippen LogP contribution >= 0.6 is 23.2 Å². The Morgan fingerprint density at radius 2 is 1.81 bits per heavy atom. The number of esters is 1. The average Bonchev–Trinajstić information content (AvgIpc) is 2.65. The minimum absolute atomic E-state index is 0.117. The average molecular weight is 410 g/mol. The van der Waals surface area contributed by atoms with Crippen LogP contribution in [0.2, 0.25) is 10.0 Å². The second-order valence-corrected chi connectivity index (χ2v) is 6.42. The molecule has 2 rings (SSSR count). The van der Waals surface area contributed by atoms with E-state index in [-0.39, 0.29) is 16.5 Å². The van der Waals surface area contributed by atoms with Gasteiger partial charge in [0.05, 0.1) is 15.7 Å². The smallest absolute Gasteiger partial charge is 0.344 e. The third-order valence-corrected chi connectivity index (χ3v) is 4.31. The van der Waals surface area contributed by atoms with E-state index in [1.807, 2.05) is 0 Å². The van der Waals surface area contributed by atoms with Crippen LogP contribution in [0.25, 0.3) is 0 Å². The first-order valence-corrected chi connectivity index (χ1v) is 8.67. The third-order valence-electron chi connectivity index (χ3n) is 3.51. The summed E-state index contributed by atoms with van der Waals surface area (Å²) < 4.78 is 10.1. The molecule has 0 spiro atoms. The van der Waals surface area contributed by atoms with E-state index in [1.54, 1.807) is 37.3 Å². The number of ether oxygens (including phenoxy) is 2. The second-order valence-electron chi connectivity index (χ2n) is 5.63. The van der Waals surface area contributed by atoms with Gasteiger partial charge in [-0.25, -0.2) is 4.79 Å². The maximum Gasteiger partial charge on any atom is 0.344 e. The van der Waals surface area contributed by atoms with Crippen LogP contribution in [0.15, 0.2) is 36.4 Å². The molecule has 0 radical (unpaired) electrons. The molecule has 2 aromatic carbocycles. The zero-order valence-electron chi connectivity index (χ0n) is 14.7. The lowest BCUT2D eigenvalue weighted by molar-refractivity contribution is -0.149. The van der Waals surface area contributed by atoms with Crippen molar-refractivity contribution in [2.24, 2.45) is 0 Å². The zero-order valence-corrected chi connectivity index (χ0v) is 16.2. The summed E-state index contributed by atoms with van der Waals surface area (Å²) in [6, 6.07) is 9.73. The summed E-state index contributed by atoms with van der Waals surface area (Å²) in [4.78, 5) is 35.0. The van der Waals surface area contributed by atoms with E-state index in [1.165, 1.54) is 13.0 Å². The molecule has 0 saturated carbocycles. The monoisotopic (exact) mass is 409 g/mol.